The minimum Gasteiger partial charge on any atom is -0.375 e. The average molecular weight is 237 g/mol. The third kappa shape index (κ3) is 3.43. The lowest BCUT2D eigenvalue weighted by atomic mass is 10.1. The number of nitriles is 1. The van der Waals surface area contributed by atoms with Crippen molar-refractivity contribution >= 4 is 17.3 Å². The molecule has 0 atom stereocenters. The molecule has 0 heterocycles. The molecule has 0 unspecified atom stereocenters. The van der Waals surface area contributed by atoms with Crippen LogP contribution in [-0.4, -0.2) is 13.6 Å². The van der Waals surface area contributed by atoms with E-state index in [4.69, 9.17) is 16.9 Å². The number of anilines is 1. The first-order valence-electron chi connectivity index (χ1n) is 5.45. The van der Waals surface area contributed by atoms with Crippen molar-refractivity contribution < 1.29 is 0 Å². The molecule has 0 N–H and O–H groups in total. The summed E-state index contributed by atoms with van der Waals surface area (Å²) >= 11 is 5.99. The van der Waals surface area contributed by atoms with Crippen LogP contribution in [0, 0.1) is 17.2 Å². The van der Waals surface area contributed by atoms with Crippen LogP contribution in [0.15, 0.2) is 18.2 Å². The van der Waals surface area contributed by atoms with Gasteiger partial charge in [-0.2, -0.15) is 5.26 Å². The Morgan fingerprint density at radius 2 is 2.12 bits per heavy atom. The maximum absolute atomic E-state index is 8.78. The summed E-state index contributed by atoms with van der Waals surface area (Å²) < 4.78 is 0. The molecule has 0 aliphatic heterocycles. The Labute approximate surface area is 102 Å². The number of halogens is 1. The largest absolute Gasteiger partial charge is 0.375 e. The molecule has 1 aromatic carbocycles. The predicted octanol–water partition coefficient (Wildman–Crippen LogP) is 3.69. The summed E-state index contributed by atoms with van der Waals surface area (Å²) in [6.45, 7) is 5.42. The highest BCUT2D eigenvalue weighted by Crippen LogP contribution is 2.22. The molecule has 0 radical (unpaired) electrons. The first-order chi connectivity index (χ1) is 7.54. The SMILES string of the molecule is CC(C)CCN(C)c1ccc(C#N)c(Cl)c1. The van der Waals surface area contributed by atoms with E-state index in [9.17, 15) is 0 Å². The van der Waals surface area contributed by atoms with E-state index in [0.29, 0.717) is 16.5 Å². The fourth-order valence-corrected chi connectivity index (χ4v) is 1.63. The van der Waals surface area contributed by atoms with Crippen LogP contribution in [0.5, 0.6) is 0 Å². The van der Waals surface area contributed by atoms with E-state index in [2.05, 4.69) is 24.8 Å². The molecule has 0 aliphatic carbocycles. The second-order valence-corrected chi connectivity index (χ2v) is 4.79. The normalized spacial score (nSPS) is 10.2. The maximum atomic E-state index is 8.78. The summed E-state index contributed by atoms with van der Waals surface area (Å²) in [5, 5.41) is 9.30. The Morgan fingerprint density at radius 1 is 1.44 bits per heavy atom. The van der Waals surface area contributed by atoms with E-state index in [1.54, 1.807) is 6.07 Å². The molecule has 0 spiro atoms. The molecule has 1 aromatic rings. The number of benzene rings is 1. The summed E-state index contributed by atoms with van der Waals surface area (Å²) in [5.74, 6) is 0.691. The van der Waals surface area contributed by atoms with Gasteiger partial charge in [0.1, 0.15) is 6.07 Å². The molecule has 0 amide bonds. The van der Waals surface area contributed by atoms with Crippen molar-refractivity contribution in [2.75, 3.05) is 18.5 Å². The zero-order chi connectivity index (χ0) is 12.1. The molecular weight excluding hydrogens is 220 g/mol. The first kappa shape index (κ1) is 12.9. The van der Waals surface area contributed by atoms with Crippen molar-refractivity contribution in [2.24, 2.45) is 5.92 Å². The molecule has 0 bridgehead atoms. The lowest BCUT2D eigenvalue weighted by molar-refractivity contribution is 0.585. The molecule has 0 fully saturated rings. The molecule has 86 valence electrons. The fraction of sp³-hybridized carbons (Fsp3) is 0.462. The summed E-state index contributed by atoms with van der Waals surface area (Å²) in [6, 6.07) is 7.61. The van der Waals surface area contributed by atoms with Gasteiger partial charge < -0.3 is 4.90 Å². The van der Waals surface area contributed by atoms with Crippen LogP contribution in [0.25, 0.3) is 0 Å². The molecule has 2 nitrogen and oxygen atoms in total. The highest BCUT2D eigenvalue weighted by atomic mass is 35.5. The quantitative estimate of drug-likeness (QED) is 0.797. The van der Waals surface area contributed by atoms with Gasteiger partial charge in [0.25, 0.3) is 0 Å². The van der Waals surface area contributed by atoms with Crippen molar-refractivity contribution in [1.29, 1.82) is 5.26 Å². The van der Waals surface area contributed by atoms with E-state index in [0.717, 1.165) is 18.7 Å². The van der Waals surface area contributed by atoms with Gasteiger partial charge in [0.2, 0.25) is 0 Å². The van der Waals surface area contributed by atoms with E-state index in [1.165, 1.54) is 0 Å². The van der Waals surface area contributed by atoms with E-state index >= 15 is 0 Å². The van der Waals surface area contributed by atoms with Crippen LogP contribution < -0.4 is 4.90 Å². The zero-order valence-electron chi connectivity index (χ0n) is 10.00. The molecule has 0 saturated heterocycles. The number of hydrogen-bond acceptors (Lipinski definition) is 2. The molecule has 16 heavy (non-hydrogen) atoms. The fourth-order valence-electron chi connectivity index (χ4n) is 1.41. The van der Waals surface area contributed by atoms with E-state index < -0.39 is 0 Å². The van der Waals surface area contributed by atoms with Crippen molar-refractivity contribution in [3.8, 4) is 6.07 Å². The van der Waals surface area contributed by atoms with Crippen LogP contribution in [0.4, 0.5) is 5.69 Å². The predicted molar refractivity (Wildman–Crippen MR) is 68.9 cm³/mol. The molecule has 0 saturated carbocycles. The standard InChI is InChI=1S/C13H17ClN2/c1-10(2)6-7-16(3)12-5-4-11(9-15)13(14)8-12/h4-5,8,10H,6-7H2,1-3H3. The highest BCUT2D eigenvalue weighted by molar-refractivity contribution is 6.32. The third-order valence-electron chi connectivity index (χ3n) is 2.56. The molecule has 1 rings (SSSR count). The summed E-state index contributed by atoms with van der Waals surface area (Å²) in [5.41, 5.74) is 1.59. The van der Waals surface area contributed by atoms with Crippen molar-refractivity contribution in [3.05, 3.63) is 28.8 Å². The number of nitrogens with zero attached hydrogens (tertiary/aromatic N) is 2. The van der Waals surface area contributed by atoms with Gasteiger partial charge in [0, 0.05) is 19.3 Å². The topological polar surface area (TPSA) is 27.0 Å². The van der Waals surface area contributed by atoms with Gasteiger partial charge >= 0.3 is 0 Å². The Balaban J connectivity index is 2.74. The van der Waals surface area contributed by atoms with Crippen LogP contribution in [-0.2, 0) is 0 Å². The summed E-state index contributed by atoms with van der Waals surface area (Å²) in [4.78, 5) is 2.16. The maximum Gasteiger partial charge on any atom is 0.101 e. The smallest absolute Gasteiger partial charge is 0.101 e. The summed E-state index contributed by atoms with van der Waals surface area (Å²) in [7, 11) is 2.04. The van der Waals surface area contributed by atoms with E-state index in [1.807, 2.05) is 19.2 Å². The first-order valence-corrected chi connectivity index (χ1v) is 5.83. The van der Waals surface area contributed by atoms with Crippen LogP contribution in [0.1, 0.15) is 25.8 Å². The molecule has 0 aliphatic rings. The van der Waals surface area contributed by atoms with Crippen LogP contribution in [0.3, 0.4) is 0 Å². The van der Waals surface area contributed by atoms with Gasteiger partial charge in [-0.15, -0.1) is 0 Å². The van der Waals surface area contributed by atoms with Crippen LogP contribution in [0.2, 0.25) is 5.02 Å². The lowest BCUT2D eigenvalue weighted by Crippen LogP contribution is -2.19. The highest BCUT2D eigenvalue weighted by Gasteiger charge is 2.05. The third-order valence-corrected chi connectivity index (χ3v) is 2.87. The molecule has 0 aromatic heterocycles. The molecule has 3 heteroatoms. The second-order valence-electron chi connectivity index (χ2n) is 4.38. The Morgan fingerprint density at radius 3 is 2.62 bits per heavy atom. The van der Waals surface area contributed by atoms with Crippen molar-refractivity contribution in [1.82, 2.24) is 0 Å². The average Bonchev–Trinajstić information content (AvgIpc) is 2.25. The number of rotatable bonds is 4. The van der Waals surface area contributed by atoms with Gasteiger partial charge in [-0.3, -0.25) is 0 Å². The Kier molecular flexibility index (Phi) is 4.64. The van der Waals surface area contributed by atoms with Crippen molar-refractivity contribution in [3.63, 3.8) is 0 Å². The van der Waals surface area contributed by atoms with Gasteiger partial charge in [0.05, 0.1) is 10.6 Å². The minimum absolute atomic E-state index is 0.524. The van der Waals surface area contributed by atoms with E-state index in [-0.39, 0.29) is 0 Å². The zero-order valence-corrected chi connectivity index (χ0v) is 10.8. The van der Waals surface area contributed by atoms with Crippen molar-refractivity contribution in [2.45, 2.75) is 20.3 Å². The summed E-state index contributed by atoms with van der Waals surface area (Å²) in [6.07, 6.45) is 1.15. The Bertz CT molecular complexity index is 393. The Hall–Kier alpha value is -1.20. The molecular formula is C13H17ClN2. The van der Waals surface area contributed by atoms with Crippen LogP contribution >= 0.6 is 11.6 Å². The monoisotopic (exact) mass is 236 g/mol. The van der Waals surface area contributed by atoms with Gasteiger partial charge in [-0.1, -0.05) is 25.4 Å². The minimum atomic E-state index is 0.524. The number of hydrogen-bond donors (Lipinski definition) is 0. The van der Waals surface area contributed by atoms with Gasteiger partial charge in [0.15, 0.2) is 0 Å². The second kappa shape index (κ2) is 5.77. The van der Waals surface area contributed by atoms with Gasteiger partial charge in [-0.05, 0) is 30.5 Å². The van der Waals surface area contributed by atoms with Gasteiger partial charge in [-0.25, -0.2) is 0 Å². The lowest BCUT2D eigenvalue weighted by Gasteiger charge is -2.20.